The average Bonchev–Trinajstić information content (AvgIpc) is 2.73. The van der Waals surface area contributed by atoms with Crippen molar-refractivity contribution in [2.24, 2.45) is 0 Å². The first-order valence-electron chi connectivity index (χ1n) is 9.13. The van der Waals surface area contributed by atoms with Crippen LogP contribution in [0.5, 0.6) is 0 Å². The third-order valence-corrected chi connectivity index (χ3v) is 6.03. The van der Waals surface area contributed by atoms with E-state index in [-0.39, 0.29) is 10.7 Å². The van der Waals surface area contributed by atoms with E-state index in [1.165, 1.54) is 30.3 Å². The Morgan fingerprint density at radius 2 is 1.50 bits per heavy atom. The van der Waals surface area contributed by atoms with Gasteiger partial charge in [0, 0.05) is 36.1 Å². The van der Waals surface area contributed by atoms with E-state index < -0.39 is 10.0 Å². The van der Waals surface area contributed by atoms with E-state index in [1.54, 1.807) is 30.3 Å². The largest absolute Gasteiger partial charge is 0.378 e. The van der Waals surface area contributed by atoms with Gasteiger partial charge in [-0.25, -0.2) is 8.42 Å². The molecule has 0 unspecified atom stereocenters. The molecule has 0 saturated heterocycles. The van der Waals surface area contributed by atoms with Gasteiger partial charge >= 0.3 is 0 Å². The van der Waals surface area contributed by atoms with Crippen molar-refractivity contribution in [3.63, 3.8) is 0 Å². The van der Waals surface area contributed by atoms with Crippen LogP contribution in [0.25, 0.3) is 6.08 Å². The summed E-state index contributed by atoms with van der Waals surface area (Å²) in [6.45, 7) is 0. The summed E-state index contributed by atoms with van der Waals surface area (Å²) in [5, 5.41) is 0.457. The van der Waals surface area contributed by atoms with Gasteiger partial charge in [0.15, 0.2) is 5.78 Å². The topological polar surface area (TPSA) is 66.5 Å². The summed E-state index contributed by atoms with van der Waals surface area (Å²) in [6, 6.07) is 20.0. The van der Waals surface area contributed by atoms with Gasteiger partial charge in [0.2, 0.25) is 0 Å². The Morgan fingerprint density at radius 3 is 2.07 bits per heavy atom. The van der Waals surface area contributed by atoms with Crippen molar-refractivity contribution in [2.75, 3.05) is 23.7 Å². The number of carbonyl (C=O) groups is 1. The fourth-order valence-electron chi connectivity index (χ4n) is 2.68. The SMILES string of the molecule is CN(C)c1ccc(/C=C/C(=O)c2ccc(NS(=O)(=O)c3ccc(Cl)cc3)cc2)cc1. The molecular weight excluding hydrogens is 420 g/mol. The predicted molar refractivity (Wildman–Crippen MR) is 123 cm³/mol. The summed E-state index contributed by atoms with van der Waals surface area (Å²) in [7, 11) is 0.202. The van der Waals surface area contributed by atoms with Crippen molar-refractivity contribution in [3.8, 4) is 0 Å². The molecule has 0 fully saturated rings. The molecule has 3 aromatic carbocycles. The van der Waals surface area contributed by atoms with Crippen molar-refractivity contribution in [3.05, 3.63) is 95.0 Å². The van der Waals surface area contributed by atoms with Crippen LogP contribution >= 0.6 is 11.6 Å². The molecule has 0 amide bonds. The third-order valence-electron chi connectivity index (χ3n) is 4.38. The van der Waals surface area contributed by atoms with E-state index in [0.717, 1.165) is 11.3 Å². The Hall–Kier alpha value is -3.09. The monoisotopic (exact) mass is 440 g/mol. The van der Waals surface area contributed by atoms with Crippen LogP contribution in [-0.4, -0.2) is 28.3 Å². The van der Waals surface area contributed by atoms with Crippen molar-refractivity contribution < 1.29 is 13.2 Å². The van der Waals surface area contributed by atoms with Crippen LogP contribution in [-0.2, 0) is 10.0 Å². The zero-order valence-corrected chi connectivity index (χ0v) is 18.1. The number of nitrogens with one attached hydrogen (secondary N) is 1. The highest BCUT2D eigenvalue weighted by Gasteiger charge is 2.14. The number of ketones is 1. The Morgan fingerprint density at radius 1 is 0.900 bits per heavy atom. The lowest BCUT2D eigenvalue weighted by Crippen LogP contribution is -2.12. The van der Waals surface area contributed by atoms with E-state index in [2.05, 4.69) is 4.72 Å². The second-order valence-corrected chi connectivity index (χ2v) is 8.94. The number of hydrogen-bond acceptors (Lipinski definition) is 4. The molecule has 3 aromatic rings. The number of anilines is 2. The summed E-state index contributed by atoms with van der Waals surface area (Å²) < 4.78 is 27.3. The van der Waals surface area contributed by atoms with Crippen molar-refractivity contribution in [1.29, 1.82) is 0 Å². The molecule has 0 aliphatic rings. The summed E-state index contributed by atoms with van der Waals surface area (Å²) >= 11 is 5.80. The van der Waals surface area contributed by atoms with Gasteiger partial charge in [-0.3, -0.25) is 9.52 Å². The second kappa shape index (κ2) is 9.15. The van der Waals surface area contributed by atoms with Gasteiger partial charge in [-0.1, -0.05) is 29.8 Å². The molecule has 0 spiro atoms. The Bertz CT molecular complexity index is 1150. The quantitative estimate of drug-likeness (QED) is 0.410. The van der Waals surface area contributed by atoms with E-state index in [1.807, 2.05) is 43.3 Å². The Kier molecular flexibility index (Phi) is 6.59. The number of sulfonamides is 1. The molecule has 5 nitrogen and oxygen atoms in total. The van der Waals surface area contributed by atoms with Gasteiger partial charge in [0.25, 0.3) is 10.0 Å². The molecule has 0 saturated carbocycles. The number of benzene rings is 3. The lowest BCUT2D eigenvalue weighted by Gasteiger charge is -2.11. The second-order valence-electron chi connectivity index (χ2n) is 6.82. The van der Waals surface area contributed by atoms with Gasteiger partial charge in [-0.15, -0.1) is 0 Å². The summed E-state index contributed by atoms with van der Waals surface area (Å²) in [5.74, 6) is -0.168. The maximum absolute atomic E-state index is 12.4. The molecule has 154 valence electrons. The van der Waals surface area contributed by atoms with Crippen molar-refractivity contribution in [1.82, 2.24) is 0 Å². The van der Waals surface area contributed by atoms with Crippen LogP contribution in [0.4, 0.5) is 11.4 Å². The Balaban J connectivity index is 1.67. The maximum Gasteiger partial charge on any atom is 0.261 e. The van der Waals surface area contributed by atoms with Gasteiger partial charge in [-0.05, 0) is 72.3 Å². The first-order valence-corrected chi connectivity index (χ1v) is 11.0. The first kappa shape index (κ1) is 21.6. The van der Waals surface area contributed by atoms with Crippen LogP contribution in [0.2, 0.25) is 5.02 Å². The van der Waals surface area contributed by atoms with Gasteiger partial charge in [0.05, 0.1) is 4.90 Å². The molecular formula is C23H21ClN2O3S. The van der Waals surface area contributed by atoms with E-state index in [9.17, 15) is 13.2 Å². The minimum absolute atomic E-state index is 0.107. The molecule has 3 rings (SSSR count). The zero-order chi connectivity index (χ0) is 21.7. The standard InChI is InChI=1S/C23H21ClN2O3S/c1-26(2)21-12-3-17(4-13-21)5-16-23(27)18-6-10-20(11-7-18)25-30(28,29)22-14-8-19(24)9-15-22/h3-16,25H,1-2H3/b16-5+. The lowest BCUT2D eigenvalue weighted by atomic mass is 10.1. The highest BCUT2D eigenvalue weighted by atomic mass is 35.5. The molecule has 0 bridgehead atoms. The summed E-state index contributed by atoms with van der Waals surface area (Å²) in [5.41, 5.74) is 2.83. The van der Waals surface area contributed by atoms with E-state index in [4.69, 9.17) is 11.6 Å². The van der Waals surface area contributed by atoms with Crippen LogP contribution < -0.4 is 9.62 Å². The molecule has 0 aromatic heterocycles. The minimum atomic E-state index is -3.73. The van der Waals surface area contributed by atoms with Gasteiger partial charge < -0.3 is 4.90 Å². The van der Waals surface area contributed by atoms with Crippen LogP contribution in [0.3, 0.4) is 0 Å². The highest BCUT2D eigenvalue weighted by Crippen LogP contribution is 2.19. The molecule has 0 aliphatic carbocycles. The normalized spacial score (nSPS) is 11.4. The van der Waals surface area contributed by atoms with Gasteiger partial charge in [-0.2, -0.15) is 0 Å². The zero-order valence-electron chi connectivity index (χ0n) is 16.5. The van der Waals surface area contributed by atoms with Crippen LogP contribution in [0, 0.1) is 0 Å². The number of rotatable bonds is 7. The molecule has 1 N–H and O–H groups in total. The number of allylic oxidation sites excluding steroid dienone is 1. The van der Waals surface area contributed by atoms with E-state index in [0.29, 0.717) is 16.3 Å². The maximum atomic E-state index is 12.4. The van der Waals surface area contributed by atoms with Crippen LogP contribution in [0.1, 0.15) is 15.9 Å². The fourth-order valence-corrected chi connectivity index (χ4v) is 3.87. The highest BCUT2D eigenvalue weighted by molar-refractivity contribution is 7.92. The average molecular weight is 441 g/mol. The summed E-state index contributed by atoms with van der Waals surface area (Å²) in [6.07, 6.45) is 3.25. The molecule has 0 aliphatic heterocycles. The minimum Gasteiger partial charge on any atom is -0.378 e. The fraction of sp³-hybridized carbons (Fsp3) is 0.0870. The van der Waals surface area contributed by atoms with Crippen molar-refractivity contribution >= 4 is 44.9 Å². The Labute approximate surface area is 181 Å². The molecule has 0 heterocycles. The number of carbonyl (C=O) groups excluding carboxylic acids is 1. The molecule has 7 heteroatoms. The predicted octanol–water partition coefficient (Wildman–Crippen LogP) is 5.10. The lowest BCUT2D eigenvalue weighted by molar-refractivity contribution is 0.104. The van der Waals surface area contributed by atoms with Gasteiger partial charge in [0.1, 0.15) is 0 Å². The third kappa shape index (κ3) is 5.49. The number of halogens is 1. The smallest absolute Gasteiger partial charge is 0.261 e. The number of nitrogens with zero attached hydrogens (tertiary/aromatic N) is 1. The molecule has 0 atom stereocenters. The molecule has 30 heavy (non-hydrogen) atoms. The van der Waals surface area contributed by atoms with Crippen molar-refractivity contribution in [2.45, 2.75) is 4.90 Å². The first-order chi connectivity index (χ1) is 14.2. The number of hydrogen-bond donors (Lipinski definition) is 1. The molecule has 0 radical (unpaired) electrons. The van der Waals surface area contributed by atoms with E-state index >= 15 is 0 Å². The summed E-state index contributed by atoms with van der Waals surface area (Å²) in [4.78, 5) is 14.5. The van der Waals surface area contributed by atoms with Crippen LogP contribution in [0.15, 0.2) is 83.8 Å².